The summed E-state index contributed by atoms with van der Waals surface area (Å²) in [7, 11) is 0. The summed E-state index contributed by atoms with van der Waals surface area (Å²) in [6.45, 7) is 3.35. The van der Waals surface area contributed by atoms with Gasteiger partial charge in [-0.2, -0.15) is 0 Å². The highest BCUT2D eigenvalue weighted by atomic mass is 32.1. The van der Waals surface area contributed by atoms with E-state index in [9.17, 15) is 14.4 Å². The van der Waals surface area contributed by atoms with Gasteiger partial charge in [-0.25, -0.2) is 9.78 Å². The average Bonchev–Trinajstić information content (AvgIpc) is 3.33. The molecule has 1 aromatic carbocycles. The van der Waals surface area contributed by atoms with E-state index >= 15 is 0 Å². The molecule has 1 saturated heterocycles. The monoisotopic (exact) mass is 446 g/mol. The molecule has 0 saturated carbocycles. The molecule has 164 valence electrons. The van der Waals surface area contributed by atoms with Gasteiger partial charge < -0.3 is 24.4 Å². The molecule has 31 heavy (non-hydrogen) atoms. The maximum atomic E-state index is 12.5. The van der Waals surface area contributed by atoms with Crippen LogP contribution in [0, 0.1) is 0 Å². The van der Waals surface area contributed by atoms with Crippen LogP contribution in [-0.2, 0) is 20.7 Å². The zero-order valence-electron chi connectivity index (χ0n) is 16.9. The summed E-state index contributed by atoms with van der Waals surface area (Å²) in [5.74, 6) is 0.801. The molecule has 0 unspecified atom stereocenters. The van der Waals surface area contributed by atoms with Gasteiger partial charge in [-0.05, 0) is 19.1 Å². The quantitative estimate of drug-likeness (QED) is 0.651. The van der Waals surface area contributed by atoms with E-state index in [1.165, 1.54) is 11.3 Å². The van der Waals surface area contributed by atoms with Gasteiger partial charge in [0, 0.05) is 30.1 Å². The van der Waals surface area contributed by atoms with Gasteiger partial charge in [0.15, 0.2) is 16.6 Å². The molecule has 1 atom stereocenters. The van der Waals surface area contributed by atoms with Crippen molar-refractivity contribution < 1.29 is 28.6 Å². The maximum Gasteiger partial charge on any atom is 0.321 e. The van der Waals surface area contributed by atoms with Crippen LogP contribution in [-0.4, -0.2) is 55.3 Å². The molecule has 3 amide bonds. The molecule has 2 N–H and O–H groups in total. The lowest BCUT2D eigenvalue weighted by molar-refractivity contribution is -0.142. The van der Waals surface area contributed by atoms with Crippen molar-refractivity contribution in [1.29, 1.82) is 0 Å². The molecule has 10 nitrogen and oxygen atoms in total. The highest BCUT2D eigenvalue weighted by Gasteiger charge is 2.32. The Morgan fingerprint density at radius 2 is 2.10 bits per heavy atom. The minimum atomic E-state index is -0.459. The lowest BCUT2D eigenvalue weighted by Crippen LogP contribution is -2.39. The number of thiazole rings is 1. The van der Waals surface area contributed by atoms with E-state index in [0.29, 0.717) is 54.4 Å². The number of anilines is 2. The van der Waals surface area contributed by atoms with Gasteiger partial charge in [0.1, 0.15) is 13.2 Å². The number of esters is 1. The molecule has 2 aliphatic heterocycles. The first-order valence-electron chi connectivity index (χ1n) is 9.89. The highest BCUT2D eigenvalue weighted by molar-refractivity contribution is 7.13. The topological polar surface area (TPSA) is 119 Å². The molecular weight excluding hydrogens is 424 g/mol. The Bertz CT molecular complexity index is 994. The number of amides is 3. The van der Waals surface area contributed by atoms with Gasteiger partial charge in [-0.15, -0.1) is 11.3 Å². The SMILES string of the molecule is CCOC(=O)Cc1csc(NC(=O)N[C@H]2CC(=O)N(c3ccc4c(c3)OCCO4)C2)n1. The predicted molar refractivity (Wildman–Crippen MR) is 113 cm³/mol. The fourth-order valence-corrected chi connectivity index (χ4v) is 4.08. The lowest BCUT2D eigenvalue weighted by atomic mass is 10.2. The fourth-order valence-electron chi connectivity index (χ4n) is 3.38. The summed E-state index contributed by atoms with van der Waals surface area (Å²) < 4.78 is 16.0. The van der Waals surface area contributed by atoms with Crippen molar-refractivity contribution in [3.8, 4) is 11.5 Å². The number of hydrogen-bond acceptors (Lipinski definition) is 8. The number of fused-ring (bicyclic) bond motifs is 1. The first-order valence-corrected chi connectivity index (χ1v) is 10.8. The van der Waals surface area contributed by atoms with E-state index in [0.717, 1.165) is 0 Å². The van der Waals surface area contributed by atoms with Crippen molar-refractivity contribution in [2.45, 2.75) is 25.8 Å². The minimum absolute atomic E-state index is 0.0509. The first kappa shape index (κ1) is 20.9. The molecule has 1 fully saturated rings. The van der Waals surface area contributed by atoms with Crippen molar-refractivity contribution >= 4 is 40.1 Å². The van der Waals surface area contributed by atoms with Crippen molar-refractivity contribution in [2.75, 3.05) is 36.6 Å². The molecule has 2 aromatic rings. The second-order valence-corrected chi connectivity index (χ2v) is 7.82. The largest absolute Gasteiger partial charge is 0.486 e. The minimum Gasteiger partial charge on any atom is -0.486 e. The van der Waals surface area contributed by atoms with E-state index < -0.39 is 6.03 Å². The van der Waals surface area contributed by atoms with Gasteiger partial charge in [-0.1, -0.05) is 0 Å². The Labute approximate surface area is 182 Å². The number of ether oxygens (including phenoxy) is 3. The van der Waals surface area contributed by atoms with Crippen molar-refractivity contribution in [3.63, 3.8) is 0 Å². The maximum absolute atomic E-state index is 12.5. The average molecular weight is 446 g/mol. The van der Waals surface area contributed by atoms with E-state index in [-0.39, 0.29) is 30.8 Å². The van der Waals surface area contributed by atoms with E-state index in [4.69, 9.17) is 14.2 Å². The summed E-state index contributed by atoms with van der Waals surface area (Å²) in [5, 5.41) is 7.50. The molecule has 0 radical (unpaired) electrons. The Morgan fingerprint density at radius 1 is 1.29 bits per heavy atom. The second kappa shape index (κ2) is 9.21. The van der Waals surface area contributed by atoms with Crippen molar-refractivity contribution in [2.24, 2.45) is 0 Å². The summed E-state index contributed by atoms with van der Waals surface area (Å²) in [4.78, 5) is 42.2. The van der Waals surface area contributed by atoms with Crippen LogP contribution in [0.25, 0.3) is 0 Å². The number of aromatic nitrogens is 1. The zero-order chi connectivity index (χ0) is 21.8. The summed E-state index contributed by atoms with van der Waals surface area (Å²) >= 11 is 1.21. The Balaban J connectivity index is 1.31. The van der Waals surface area contributed by atoms with E-state index in [1.54, 1.807) is 35.4 Å². The van der Waals surface area contributed by atoms with Gasteiger partial charge in [0.25, 0.3) is 0 Å². The van der Waals surface area contributed by atoms with Crippen LogP contribution in [0.2, 0.25) is 0 Å². The van der Waals surface area contributed by atoms with Gasteiger partial charge in [-0.3, -0.25) is 14.9 Å². The lowest BCUT2D eigenvalue weighted by Gasteiger charge is -2.22. The smallest absolute Gasteiger partial charge is 0.321 e. The van der Waals surface area contributed by atoms with Crippen LogP contribution in [0.3, 0.4) is 0 Å². The zero-order valence-corrected chi connectivity index (χ0v) is 17.7. The predicted octanol–water partition coefficient (Wildman–Crippen LogP) is 1.95. The number of rotatable bonds is 6. The summed E-state index contributed by atoms with van der Waals surface area (Å²) in [6, 6.07) is 4.55. The Morgan fingerprint density at radius 3 is 2.90 bits per heavy atom. The van der Waals surface area contributed by atoms with Gasteiger partial charge in [0.05, 0.1) is 24.8 Å². The molecule has 1 aromatic heterocycles. The number of carbonyl (C=O) groups excluding carboxylic acids is 3. The molecule has 0 aliphatic carbocycles. The van der Waals surface area contributed by atoms with Crippen LogP contribution >= 0.6 is 11.3 Å². The number of nitrogens with zero attached hydrogens (tertiary/aromatic N) is 2. The number of carbonyl (C=O) groups is 3. The molecule has 2 aliphatic rings. The number of nitrogens with one attached hydrogen (secondary N) is 2. The molecule has 0 spiro atoms. The van der Waals surface area contributed by atoms with Gasteiger partial charge in [0.2, 0.25) is 5.91 Å². The van der Waals surface area contributed by atoms with Crippen LogP contribution in [0.4, 0.5) is 15.6 Å². The third kappa shape index (κ3) is 5.05. The van der Waals surface area contributed by atoms with Crippen molar-refractivity contribution in [3.05, 3.63) is 29.3 Å². The Kier molecular flexibility index (Phi) is 6.21. The molecule has 3 heterocycles. The summed E-state index contributed by atoms with van der Waals surface area (Å²) in [6.07, 6.45) is 0.239. The molecular formula is C20H22N4O6S. The third-order valence-electron chi connectivity index (χ3n) is 4.70. The first-order chi connectivity index (χ1) is 15.0. The number of hydrogen-bond donors (Lipinski definition) is 2. The molecule has 0 bridgehead atoms. The fraction of sp³-hybridized carbons (Fsp3) is 0.400. The number of benzene rings is 1. The van der Waals surface area contributed by atoms with Gasteiger partial charge >= 0.3 is 12.0 Å². The van der Waals surface area contributed by atoms with Crippen molar-refractivity contribution in [1.82, 2.24) is 10.3 Å². The molecule has 4 rings (SSSR count). The normalized spacial score (nSPS) is 17.4. The molecule has 11 heteroatoms. The summed E-state index contributed by atoms with van der Waals surface area (Å²) in [5.41, 5.74) is 1.22. The van der Waals surface area contributed by atoms with Crippen LogP contribution in [0.1, 0.15) is 19.0 Å². The Hall–Kier alpha value is -3.34. The number of urea groups is 1. The van der Waals surface area contributed by atoms with Crippen LogP contribution < -0.4 is 25.0 Å². The van der Waals surface area contributed by atoms with Crippen LogP contribution in [0.5, 0.6) is 11.5 Å². The third-order valence-corrected chi connectivity index (χ3v) is 5.51. The second-order valence-electron chi connectivity index (χ2n) is 6.96. The van der Waals surface area contributed by atoms with E-state index in [1.807, 2.05) is 0 Å². The van der Waals surface area contributed by atoms with E-state index in [2.05, 4.69) is 15.6 Å². The van der Waals surface area contributed by atoms with Crippen LogP contribution in [0.15, 0.2) is 23.6 Å². The highest BCUT2D eigenvalue weighted by Crippen LogP contribution is 2.35. The standard InChI is InChI=1S/C20H22N4O6S/c1-2-28-18(26)8-13-11-31-20(22-13)23-19(27)21-12-7-17(25)24(10-12)14-3-4-15-16(9-14)30-6-5-29-15/h3-4,9,11-12H,2,5-8,10H2,1H3,(H2,21,22,23,27)/t12-/m0/s1.